The Morgan fingerprint density at radius 2 is 2.05 bits per heavy atom. The SMILES string of the molecule is COC(=O)CCc1csc(N2CCC3(CCCC3)CC2)n1. The number of aryl methyl sites for hydroxylation is 1. The third-order valence-corrected chi connectivity index (χ3v) is 6.06. The average Bonchev–Trinajstić information content (AvgIpc) is 3.16. The van der Waals surface area contributed by atoms with E-state index in [0.29, 0.717) is 18.3 Å². The molecule has 0 N–H and O–H groups in total. The molecule has 0 radical (unpaired) electrons. The Kier molecular flexibility index (Phi) is 4.48. The van der Waals surface area contributed by atoms with Crippen LogP contribution in [0.25, 0.3) is 0 Å². The highest BCUT2D eigenvalue weighted by molar-refractivity contribution is 7.13. The van der Waals surface area contributed by atoms with Crippen LogP contribution in [0.2, 0.25) is 0 Å². The number of ether oxygens (including phenoxy) is 1. The van der Waals surface area contributed by atoms with Crippen molar-refractivity contribution in [3.63, 3.8) is 0 Å². The van der Waals surface area contributed by atoms with Gasteiger partial charge in [0.1, 0.15) is 0 Å². The standard InChI is InChI=1S/C16H24N2O2S/c1-20-14(19)5-4-13-12-21-15(17-13)18-10-8-16(9-11-18)6-2-3-7-16/h12H,2-11H2,1H3. The van der Waals surface area contributed by atoms with Gasteiger partial charge in [0.05, 0.1) is 19.2 Å². The van der Waals surface area contributed by atoms with Gasteiger partial charge in [0.25, 0.3) is 0 Å². The monoisotopic (exact) mass is 308 g/mol. The molecular formula is C16H24N2O2S. The zero-order valence-corrected chi connectivity index (χ0v) is 13.6. The predicted octanol–water partition coefficient (Wildman–Crippen LogP) is 3.41. The molecular weight excluding hydrogens is 284 g/mol. The second kappa shape index (κ2) is 6.34. The third kappa shape index (κ3) is 3.39. The summed E-state index contributed by atoms with van der Waals surface area (Å²) in [5.74, 6) is -0.161. The van der Waals surface area contributed by atoms with Crippen LogP contribution < -0.4 is 4.90 Å². The van der Waals surface area contributed by atoms with Crippen LogP contribution in [0.4, 0.5) is 5.13 Å². The maximum absolute atomic E-state index is 11.2. The van der Waals surface area contributed by atoms with Gasteiger partial charge in [-0.15, -0.1) is 11.3 Å². The number of esters is 1. The molecule has 1 aromatic rings. The maximum Gasteiger partial charge on any atom is 0.305 e. The van der Waals surface area contributed by atoms with Gasteiger partial charge < -0.3 is 9.64 Å². The van der Waals surface area contributed by atoms with Crippen LogP contribution in [0.1, 0.15) is 50.6 Å². The van der Waals surface area contributed by atoms with Crippen molar-refractivity contribution in [1.29, 1.82) is 0 Å². The van der Waals surface area contributed by atoms with E-state index in [0.717, 1.165) is 23.9 Å². The molecule has 0 atom stereocenters. The first-order valence-electron chi connectivity index (χ1n) is 7.97. The van der Waals surface area contributed by atoms with Crippen LogP contribution in [0, 0.1) is 5.41 Å². The smallest absolute Gasteiger partial charge is 0.305 e. The number of rotatable bonds is 4. The average molecular weight is 308 g/mol. The van der Waals surface area contributed by atoms with Crippen LogP contribution in [0.5, 0.6) is 0 Å². The maximum atomic E-state index is 11.2. The number of methoxy groups -OCH3 is 1. The van der Waals surface area contributed by atoms with Crippen LogP contribution in [-0.2, 0) is 16.0 Å². The molecule has 2 heterocycles. The number of thiazole rings is 1. The number of carbonyl (C=O) groups excluding carboxylic acids is 1. The Bertz CT molecular complexity index is 484. The summed E-state index contributed by atoms with van der Waals surface area (Å²) in [4.78, 5) is 18.3. The van der Waals surface area contributed by atoms with E-state index >= 15 is 0 Å². The minimum atomic E-state index is -0.161. The van der Waals surface area contributed by atoms with Crippen molar-refractivity contribution >= 4 is 22.4 Å². The normalized spacial score (nSPS) is 20.9. The molecule has 2 aliphatic rings. The summed E-state index contributed by atoms with van der Waals surface area (Å²) in [5, 5.41) is 3.21. The molecule has 0 unspecified atom stereocenters. The predicted molar refractivity (Wildman–Crippen MR) is 84.8 cm³/mol. The summed E-state index contributed by atoms with van der Waals surface area (Å²) < 4.78 is 4.67. The van der Waals surface area contributed by atoms with Crippen LogP contribution >= 0.6 is 11.3 Å². The van der Waals surface area contributed by atoms with Crippen LogP contribution in [-0.4, -0.2) is 31.2 Å². The molecule has 1 aliphatic carbocycles. The van der Waals surface area contributed by atoms with E-state index in [1.165, 1.54) is 45.6 Å². The van der Waals surface area contributed by atoms with Crippen molar-refractivity contribution in [2.45, 2.75) is 51.4 Å². The quantitative estimate of drug-likeness (QED) is 0.799. The molecule has 3 rings (SSSR count). The van der Waals surface area contributed by atoms with E-state index in [-0.39, 0.29) is 5.97 Å². The molecule has 1 spiro atoms. The molecule has 2 fully saturated rings. The molecule has 0 aromatic carbocycles. The second-order valence-electron chi connectivity index (χ2n) is 6.39. The summed E-state index contributed by atoms with van der Waals surface area (Å²) in [6, 6.07) is 0. The summed E-state index contributed by atoms with van der Waals surface area (Å²) >= 11 is 1.71. The molecule has 1 saturated heterocycles. The first-order valence-corrected chi connectivity index (χ1v) is 8.85. The van der Waals surface area contributed by atoms with E-state index < -0.39 is 0 Å². The van der Waals surface area contributed by atoms with Crippen molar-refractivity contribution in [2.24, 2.45) is 5.41 Å². The van der Waals surface area contributed by atoms with Crippen molar-refractivity contribution in [3.8, 4) is 0 Å². The fourth-order valence-corrected chi connectivity index (χ4v) is 4.60. The van der Waals surface area contributed by atoms with Gasteiger partial charge in [-0.05, 0) is 31.1 Å². The summed E-state index contributed by atoms with van der Waals surface area (Å²) in [6.45, 7) is 2.29. The van der Waals surface area contributed by atoms with E-state index in [9.17, 15) is 4.79 Å². The largest absolute Gasteiger partial charge is 0.469 e. The number of hydrogen-bond acceptors (Lipinski definition) is 5. The Labute approximate surface area is 130 Å². The van der Waals surface area contributed by atoms with E-state index in [1.54, 1.807) is 11.3 Å². The first-order chi connectivity index (χ1) is 10.2. The Morgan fingerprint density at radius 1 is 1.33 bits per heavy atom. The fraction of sp³-hybridized carbons (Fsp3) is 0.750. The zero-order chi connectivity index (χ0) is 14.7. The first kappa shape index (κ1) is 14.8. The van der Waals surface area contributed by atoms with Gasteiger partial charge in [0.2, 0.25) is 0 Å². The Balaban J connectivity index is 1.53. The van der Waals surface area contributed by atoms with Gasteiger partial charge in [-0.1, -0.05) is 12.8 Å². The number of aromatic nitrogens is 1. The zero-order valence-electron chi connectivity index (χ0n) is 12.8. The van der Waals surface area contributed by atoms with E-state index in [2.05, 4.69) is 15.0 Å². The molecule has 1 aliphatic heterocycles. The summed E-state index contributed by atoms with van der Waals surface area (Å²) in [6.07, 6.45) is 9.47. The van der Waals surface area contributed by atoms with Crippen LogP contribution in [0.3, 0.4) is 0 Å². The van der Waals surface area contributed by atoms with Crippen molar-refractivity contribution in [1.82, 2.24) is 4.98 Å². The highest BCUT2D eigenvalue weighted by Gasteiger charge is 2.37. The van der Waals surface area contributed by atoms with Crippen molar-refractivity contribution < 1.29 is 9.53 Å². The summed E-state index contributed by atoms with van der Waals surface area (Å²) in [5.41, 5.74) is 1.67. The molecule has 21 heavy (non-hydrogen) atoms. The highest BCUT2D eigenvalue weighted by atomic mass is 32.1. The number of anilines is 1. The second-order valence-corrected chi connectivity index (χ2v) is 7.23. The van der Waals surface area contributed by atoms with E-state index in [4.69, 9.17) is 4.98 Å². The van der Waals surface area contributed by atoms with Crippen molar-refractivity contribution in [2.75, 3.05) is 25.1 Å². The molecule has 5 heteroatoms. The fourth-order valence-electron chi connectivity index (χ4n) is 3.69. The molecule has 1 saturated carbocycles. The lowest BCUT2D eigenvalue weighted by Gasteiger charge is -2.39. The van der Waals surface area contributed by atoms with E-state index in [1.807, 2.05) is 0 Å². The van der Waals surface area contributed by atoms with Gasteiger partial charge in [0.15, 0.2) is 5.13 Å². The Morgan fingerprint density at radius 3 is 2.71 bits per heavy atom. The molecule has 1 aromatic heterocycles. The third-order valence-electron chi connectivity index (χ3n) is 5.11. The Hall–Kier alpha value is -1.10. The molecule has 0 amide bonds. The molecule has 4 nitrogen and oxygen atoms in total. The lowest BCUT2D eigenvalue weighted by atomic mass is 9.77. The summed E-state index contributed by atoms with van der Waals surface area (Å²) in [7, 11) is 1.43. The van der Waals surface area contributed by atoms with Crippen LogP contribution in [0.15, 0.2) is 5.38 Å². The number of carbonyl (C=O) groups is 1. The number of piperidine rings is 1. The van der Waals surface area contributed by atoms with Gasteiger partial charge in [-0.3, -0.25) is 4.79 Å². The minimum absolute atomic E-state index is 0.161. The molecule has 0 bridgehead atoms. The van der Waals surface area contributed by atoms with Crippen molar-refractivity contribution in [3.05, 3.63) is 11.1 Å². The topological polar surface area (TPSA) is 42.4 Å². The van der Waals surface area contributed by atoms with Gasteiger partial charge >= 0.3 is 5.97 Å². The van der Waals surface area contributed by atoms with Gasteiger partial charge in [0, 0.05) is 24.9 Å². The minimum Gasteiger partial charge on any atom is -0.469 e. The van der Waals surface area contributed by atoms with Gasteiger partial charge in [-0.25, -0.2) is 4.98 Å². The number of hydrogen-bond donors (Lipinski definition) is 0. The lowest BCUT2D eigenvalue weighted by Crippen LogP contribution is -2.38. The number of nitrogens with zero attached hydrogens (tertiary/aromatic N) is 2. The molecule has 116 valence electrons. The van der Waals surface area contributed by atoms with Gasteiger partial charge in [-0.2, -0.15) is 0 Å². The lowest BCUT2D eigenvalue weighted by molar-refractivity contribution is -0.140. The highest BCUT2D eigenvalue weighted by Crippen LogP contribution is 2.46.